The number of amides is 1. The summed E-state index contributed by atoms with van der Waals surface area (Å²) < 4.78 is 61.6. The molecule has 28 heavy (non-hydrogen) atoms. The van der Waals surface area contributed by atoms with Crippen molar-refractivity contribution >= 4 is 17.4 Å². The van der Waals surface area contributed by atoms with Crippen molar-refractivity contribution in [1.82, 2.24) is 10.2 Å². The molecule has 1 fully saturated rings. The number of hydrogen-bond acceptors (Lipinski definition) is 5. The number of carbonyl (C=O) groups excluding carboxylic acids is 1. The Balaban J connectivity index is 1.65. The van der Waals surface area contributed by atoms with Crippen molar-refractivity contribution in [3.8, 4) is 11.5 Å². The lowest BCUT2D eigenvalue weighted by Crippen LogP contribution is -2.51. The first-order chi connectivity index (χ1) is 13.0. The molecule has 0 spiro atoms. The van der Waals surface area contributed by atoms with Crippen LogP contribution in [0.2, 0.25) is 0 Å². The topological polar surface area (TPSA) is 63.2 Å². The Hall–Kier alpha value is -2.36. The van der Waals surface area contributed by atoms with E-state index in [0.717, 1.165) is 0 Å². The van der Waals surface area contributed by atoms with Crippen LogP contribution in [0, 0.1) is 6.92 Å². The van der Waals surface area contributed by atoms with Gasteiger partial charge in [0.2, 0.25) is 5.91 Å². The van der Waals surface area contributed by atoms with E-state index in [1.54, 1.807) is 25.7 Å². The fourth-order valence-electron chi connectivity index (χ4n) is 3.10. The van der Waals surface area contributed by atoms with E-state index in [-0.39, 0.29) is 49.2 Å². The van der Waals surface area contributed by atoms with E-state index in [2.05, 4.69) is 19.8 Å². The molecule has 1 unspecified atom stereocenters. The summed E-state index contributed by atoms with van der Waals surface area (Å²) in [6, 6.07) is 2.08. The van der Waals surface area contributed by atoms with E-state index < -0.39 is 18.3 Å². The minimum Gasteiger partial charge on any atom is -0.395 e. The zero-order valence-electron chi connectivity index (χ0n) is 15.7. The first-order valence-electron chi connectivity index (χ1n) is 8.84. The van der Waals surface area contributed by atoms with Gasteiger partial charge in [0.1, 0.15) is 5.84 Å². The number of nitrogens with one attached hydrogen (secondary N) is 1. The van der Waals surface area contributed by atoms with Crippen molar-refractivity contribution < 1.29 is 31.8 Å². The Bertz CT molecular complexity index is 804. The molecular formula is C18H21F4N3O3. The molecule has 0 aliphatic carbocycles. The summed E-state index contributed by atoms with van der Waals surface area (Å²) in [5.74, 6) is -3.04. The number of alkyl halides is 4. The molecule has 2 heterocycles. The molecule has 0 bridgehead atoms. The van der Waals surface area contributed by atoms with Crippen molar-refractivity contribution in [2.75, 3.05) is 13.1 Å². The van der Waals surface area contributed by atoms with Gasteiger partial charge >= 0.3 is 6.29 Å². The fraction of sp³-hybridized carbons (Fsp3) is 0.556. The van der Waals surface area contributed by atoms with Crippen molar-refractivity contribution in [1.29, 1.82) is 0 Å². The molecule has 1 N–H and O–H groups in total. The third-order valence-electron chi connectivity index (χ3n) is 4.77. The van der Waals surface area contributed by atoms with Gasteiger partial charge in [-0.1, -0.05) is 0 Å². The summed E-state index contributed by atoms with van der Waals surface area (Å²) in [5.41, 5.74) is 0.892. The van der Waals surface area contributed by atoms with E-state index in [1.165, 1.54) is 12.1 Å². The lowest BCUT2D eigenvalue weighted by atomic mass is 10.0. The second-order valence-electron chi connectivity index (χ2n) is 7.01. The normalized spacial score (nSPS) is 22.0. The van der Waals surface area contributed by atoms with Gasteiger partial charge in [0.15, 0.2) is 11.5 Å². The second-order valence-corrected chi connectivity index (χ2v) is 7.01. The van der Waals surface area contributed by atoms with Crippen molar-refractivity contribution in [2.45, 2.75) is 51.9 Å². The number of piperidine rings is 1. The molecule has 10 heteroatoms. The first-order valence-corrected chi connectivity index (χ1v) is 8.84. The first kappa shape index (κ1) is 20.4. The Morgan fingerprint density at radius 2 is 1.75 bits per heavy atom. The molecule has 1 atom stereocenters. The van der Waals surface area contributed by atoms with Gasteiger partial charge in [-0.2, -0.15) is 0 Å². The Morgan fingerprint density at radius 1 is 1.18 bits per heavy atom. The number of aliphatic imine (C=N–C) groups is 1. The highest BCUT2D eigenvalue weighted by molar-refractivity contribution is 6.00. The minimum absolute atomic E-state index is 0.0846. The molecule has 2 aliphatic rings. The maximum Gasteiger partial charge on any atom is 0.586 e. The van der Waals surface area contributed by atoms with Gasteiger partial charge in [-0.25, -0.2) is 13.8 Å². The number of carbonyl (C=O) groups is 1. The molecule has 6 nitrogen and oxygen atoms in total. The highest BCUT2D eigenvalue weighted by Gasteiger charge is 2.43. The van der Waals surface area contributed by atoms with E-state index in [9.17, 15) is 22.4 Å². The number of ether oxygens (including phenoxy) is 2. The summed E-state index contributed by atoms with van der Waals surface area (Å²) in [7, 11) is 0. The Kier molecular flexibility index (Phi) is 5.26. The van der Waals surface area contributed by atoms with E-state index >= 15 is 0 Å². The quantitative estimate of drug-likeness (QED) is 0.476. The lowest BCUT2D eigenvalue weighted by molar-refractivity contribution is -0.286. The number of amidine groups is 1. The number of nitrogens with zero attached hydrogens (tertiary/aromatic N) is 2. The van der Waals surface area contributed by atoms with Crippen LogP contribution in [0.1, 0.15) is 32.3 Å². The average Bonchev–Trinajstić information content (AvgIpc) is 2.87. The second kappa shape index (κ2) is 7.23. The average molecular weight is 403 g/mol. The predicted octanol–water partition coefficient (Wildman–Crippen LogP) is 3.60. The Labute approximate surface area is 159 Å². The summed E-state index contributed by atoms with van der Waals surface area (Å²) >= 11 is 0. The van der Waals surface area contributed by atoms with Gasteiger partial charge in [0.25, 0.3) is 5.92 Å². The Morgan fingerprint density at radius 3 is 2.36 bits per heavy atom. The number of benzene rings is 1. The maximum absolute atomic E-state index is 13.3. The summed E-state index contributed by atoms with van der Waals surface area (Å²) in [6.07, 6.45) is -4.28. The van der Waals surface area contributed by atoms with Gasteiger partial charge in [-0.3, -0.25) is 9.69 Å². The fourth-order valence-corrected chi connectivity index (χ4v) is 3.10. The van der Waals surface area contributed by atoms with Crippen molar-refractivity contribution in [3.63, 3.8) is 0 Å². The van der Waals surface area contributed by atoms with Crippen LogP contribution in [0.3, 0.4) is 0 Å². The lowest BCUT2D eigenvalue weighted by Gasteiger charge is -2.35. The predicted molar refractivity (Wildman–Crippen MR) is 93.5 cm³/mol. The molecule has 0 aromatic heterocycles. The molecule has 0 saturated carbocycles. The largest absolute Gasteiger partial charge is 0.586 e. The van der Waals surface area contributed by atoms with Crippen LogP contribution in [0.25, 0.3) is 0 Å². The van der Waals surface area contributed by atoms with Crippen LogP contribution < -0.4 is 14.8 Å². The number of hydrogen-bond donors (Lipinski definition) is 1. The van der Waals surface area contributed by atoms with Gasteiger partial charge in [-0.05, 0) is 32.4 Å². The van der Waals surface area contributed by atoms with Crippen LogP contribution in [0.15, 0.2) is 17.1 Å². The molecular weight excluding hydrogens is 382 g/mol. The van der Waals surface area contributed by atoms with E-state index in [4.69, 9.17) is 0 Å². The standard InChI is InChI=1S/C18H21F4N3O3/c1-10-8-14-15(28-18(21,22)27-14)9-13(10)23-12(3)24-16(26)11(2)25-6-4-17(19,20)5-7-25/h8-9,11H,4-7H2,1-3H3,(H,23,24,26). The van der Waals surface area contributed by atoms with Crippen molar-refractivity contribution in [2.24, 2.45) is 4.99 Å². The van der Waals surface area contributed by atoms with Crippen LogP contribution in [0.5, 0.6) is 11.5 Å². The highest BCUT2D eigenvalue weighted by Crippen LogP contribution is 2.44. The monoisotopic (exact) mass is 403 g/mol. The van der Waals surface area contributed by atoms with E-state index in [1.807, 2.05) is 0 Å². The molecule has 154 valence electrons. The molecule has 2 aliphatic heterocycles. The summed E-state index contributed by atoms with van der Waals surface area (Å²) in [6.45, 7) is 5.11. The van der Waals surface area contributed by atoms with Gasteiger partial charge in [0.05, 0.1) is 11.7 Å². The number of fused-ring (bicyclic) bond motifs is 1. The summed E-state index contributed by atoms with van der Waals surface area (Å²) in [4.78, 5) is 18.3. The molecule has 1 amide bonds. The van der Waals surface area contributed by atoms with Crippen molar-refractivity contribution in [3.05, 3.63) is 17.7 Å². The van der Waals surface area contributed by atoms with Gasteiger partial charge < -0.3 is 14.8 Å². The SMILES string of the molecule is CC(=Nc1cc2c(cc1C)OC(F)(F)O2)NC(=O)C(C)N1CCC(F)(F)CC1. The van der Waals surface area contributed by atoms with Gasteiger partial charge in [0, 0.05) is 32.0 Å². The van der Waals surface area contributed by atoms with E-state index in [0.29, 0.717) is 11.3 Å². The zero-order chi connectivity index (χ0) is 20.7. The number of rotatable bonds is 3. The van der Waals surface area contributed by atoms with Crippen LogP contribution in [-0.4, -0.2) is 48.0 Å². The van der Waals surface area contributed by atoms with Gasteiger partial charge in [-0.15, -0.1) is 8.78 Å². The molecule has 1 saturated heterocycles. The van der Waals surface area contributed by atoms with Crippen LogP contribution >= 0.6 is 0 Å². The van der Waals surface area contributed by atoms with Crippen LogP contribution in [-0.2, 0) is 4.79 Å². The highest BCUT2D eigenvalue weighted by atomic mass is 19.3. The third-order valence-corrected chi connectivity index (χ3v) is 4.77. The van der Waals surface area contributed by atoms with Crippen LogP contribution in [0.4, 0.5) is 23.2 Å². The zero-order valence-corrected chi connectivity index (χ0v) is 15.7. The maximum atomic E-state index is 13.3. The minimum atomic E-state index is -3.72. The smallest absolute Gasteiger partial charge is 0.395 e. The third kappa shape index (κ3) is 4.54. The number of aryl methyl sites for hydroxylation is 1. The molecule has 1 aromatic rings. The molecule has 0 radical (unpaired) electrons. The molecule has 1 aromatic carbocycles. The number of halogens is 4. The summed E-state index contributed by atoms with van der Waals surface area (Å²) in [5, 5.41) is 2.62. The molecule has 3 rings (SSSR count). The number of likely N-dealkylation sites (tertiary alicyclic amines) is 1.